The number of hydrogen-bond donors (Lipinski definition) is 3. The van der Waals surface area contributed by atoms with Crippen molar-refractivity contribution in [2.45, 2.75) is 26.2 Å². The van der Waals surface area contributed by atoms with E-state index >= 15 is 0 Å². The molecule has 19 heavy (non-hydrogen) atoms. The SMILES string of the molecule is CCOc1ccc(NCCCCCO)c(C(N)=O)c1. The van der Waals surface area contributed by atoms with Gasteiger partial charge in [0.1, 0.15) is 5.75 Å². The van der Waals surface area contributed by atoms with Gasteiger partial charge in [0.05, 0.1) is 12.2 Å². The topological polar surface area (TPSA) is 84.6 Å². The zero-order chi connectivity index (χ0) is 14.1. The molecule has 106 valence electrons. The Bertz CT molecular complexity index is 408. The summed E-state index contributed by atoms with van der Waals surface area (Å²) in [5.74, 6) is 0.168. The molecule has 1 amide bonds. The van der Waals surface area contributed by atoms with Gasteiger partial charge in [-0.3, -0.25) is 4.79 Å². The number of amides is 1. The zero-order valence-electron chi connectivity index (χ0n) is 11.3. The van der Waals surface area contributed by atoms with Gasteiger partial charge >= 0.3 is 0 Å². The lowest BCUT2D eigenvalue weighted by molar-refractivity contribution is 0.100. The molecule has 5 heteroatoms. The van der Waals surface area contributed by atoms with E-state index in [9.17, 15) is 4.79 Å². The summed E-state index contributed by atoms with van der Waals surface area (Å²) in [6.45, 7) is 3.40. The number of ether oxygens (including phenoxy) is 1. The lowest BCUT2D eigenvalue weighted by Crippen LogP contribution is -2.15. The van der Waals surface area contributed by atoms with E-state index in [1.807, 2.05) is 13.0 Å². The highest BCUT2D eigenvalue weighted by atomic mass is 16.5. The highest BCUT2D eigenvalue weighted by Gasteiger charge is 2.09. The molecule has 0 unspecified atom stereocenters. The number of unbranched alkanes of at least 4 members (excludes halogenated alkanes) is 2. The van der Waals surface area contributed by atoms with E-state index in [2.05, 4.69) is 5.32 Å². The number of nitrogens with one attached hydrogen (secondary N) is 1. The van der Waals surface area contributed by atoms with E-state index < -0.39 is 5.91 Å². The van der Waals surface area contributed by atoms with Crippen LogP contribution in [0.1, 0.15) is 36.5 Å². The number of aliphatic hydroxyl groups excluding tert-OH is 1. The first-order chi connectivity index (χ1) is 9.19. The van der Waals surface area contributed by atoms with Crippen LogP contribution < -0.4 is 15.8 Å². The van der Waals surface area contributed by atoms with Gasteiger partial charge in [0.2, 0.25) is 0 Å². The minimum atomic E-state index is -0.473. The highest BCUT2D eigenvalue weighted by molar-refractivity contribution is 5.98. The van der Waals surface area contributed by atoms with Crippen molar-refractivity contribution in [3.05, 3.63) is 23.8 Å². The van der Waals surface area contributed by atoms with Crippen LogP contribution in [0, 0.1) is 0 Å². The summed E-state index contributed by atoms with van der Waals surface area (Å²) in [5.41, 5.74) is 6.52. The fraction of sp³-hybridized carbons (Fsp3) is 0.500. The summed E-state index contributed by atoms with van der Waals surface area (Å²) < 4.78 is 5.35. The zero-order valence-corrected chi connectivity index (χ0v) is 11.3. The first-order valence-electron chi connectivity index (χ1n) is 6.60. The Kier molecular flexibility index (Phi) is 6.74. The van der Waals surface area contributed by atoms with Gasteiger partial charge in [-0.25, -0.2) is 0 Å². The molecular formula is C14H22N2O3. The van der Waals surface area contributed by atoms with Crippen molar-refractivity contribution in [1.29, 1.82) is 0 Å². The number of carbonyl (C=O) groups excluding carboxylic acids is 1. The molecule has 0 aliphatic rings. The maximum absolute atomic E-state index is 11.4. The summed E-state index contributed by atoms with van der Waals surface area (Å²) in [6.07, 6.45) is 2.69. The van der Waals surface area contributed by atoms with Crippen LogP contribution in [0.4, 0.5) is 5.69 Å². The standard InChI is InChI=1S/C14H22N2O3/c1-2-19-11-6-7-13(12(10-11)14(15)18)16-8-4-3-5-9-17/h6-7,10,16-17H,2-5,8-9H2,1H3,(H2,15,18). The van der Waals surface area contributed by atoms with E-state index in [0.29, 0.717) is 17.9 Å². The summed E-state index contributed by atoms with van der Waals surface area (Å²) in [5, 5.41) is 11.9. The summed E-state index contributed by atoms with van der Waals surface area (Å²) >= 11 is 0. The molecule has 0 saturated heterocycles. The van der Waals surface area contributed by atoms with Gasteiger partial charge in [0.15, 0.2) is 0 Å². The van der Waals surface area contributed by atoms with Crippen molar-refractivity contribution < 1.29 is 14.6 Å². The Morgan fingerprint density at radius 1 is 1.37 bits per heavy atom. The summed E-state index contributed by atoms with van der Waals surface area (Å²) in [6, 6.07) is 5.27. The predicted molar refractivity (Wildman–Crippen MR) is 75.6 cm³/mol. The van der Waals surface area contributed by atoms with Gasteiger partial charge in [0, 0.05) is 18.8 Å². The van der Waals surface area contributed by atoms with Crippen LogP contribution in [0.3, 0.4) is 0 Å². The summed E-state index contributed by atoms with van der Waals surface area (Å²) in [4.78, 5) is 11.4. The molecule has 0 heterocycles. The van der Waals surface area contributed by atoms with Crippen molar-refractivity contribution >= 4 is 11.6 Å². The van der Waals surface area contributed by atoms with Crippen LogP contribution in [-0.2, 0) is 0 Å². The van der Waals surface area contributed by atoms with E-state index in [1.54, 1.807) is 12.1 Å². The monoisotopic (exact) mass is 266 g/mol. The maximum atomic E-state index is 11.4. The summed E-state index contributed by atoms with van der Waals surface area (Å²) in [7, 11) is 0. The first kappa shape index (κ1) is 15.3. The van der Waals surface area contributed by atoms with E-state index in [1.165, 1.54) is 0 Å². The van der Waals surface area contributed by atoms with Gasteiger partial charge < -0.3 is 20.9 Å². The fourth-order valence-corrected chi connectivity index (χ4v) is 1.77. The number of nitrogens with two attached hydrogens (primary N) is 1. The molecule has 0 saturated carbocycles. The number of anilines is 1. The minimum absolute atomic E-state index is 0.218. The average Bonchev–Trinajstić information content (AvgIpc) is 2.40. The van der Waals surface area contributed by atoms with Crippen molar-refractivity contribution in [3.63, 3.8) is 0 Å². The third kappa shape index (κ3) is 5.18. The molecule has 5 nitrogen and oxygen atoms in total. The molecule has 1 aromatic rings. The Morgan fingerprint density at radius 3 is 2.79 bits per heavy atom. The number of aliphatic hydroxyl groups is 1. The smallest absolute Gasteiger partial charge is 0.250 e. The number of primary amides is 1. The molecule has 0 spiro atoms. The third-order valence-electron chi connectivity index (χ3n) is 2.72. The van der Waals surface area contributed by atoms with Gasteiger partial charge in [-0.15, -0.1) is 0 Å². The molecule has 0 fully saturated rings. The van der Waals surface area contributed by atoms with Crippen molar-refractivity contribution in [3.8, 4) is 5.75 Å². The molecular weight excluding hydrogens is 244 g/mol. The van der Waals surface area contributed by atoms with Crippen LogP contribution in [0.5, 0.6) is 5.75 Å². The molecule has 0 aliphatic heterocycles. The molecule has 0 radical (unpaired) electrons. The Balaban J connectivity index is 2.63. The normalized spacial score (nSPS) is 10.2. The van der Waals surface area contributed by atoms with Gasteiger partial charge in [0.25, 0.3) is 5.91 Å². The van der Waals surface area contributed by atoms with Crippen molar-refractivity contribution in [2.24, 2.45) is 5.73 Å². The molecule has 1 aromatic carbocycles. The van der Waals surface area contributed by atoms with Crippen LogP contribution >= 0.6 is 0 Å². The van der Waals surface area contributed by atoms with Gasteiger partial charge in [-0.2, -0.15) is 0 Å². The molecule has 4 N–H and O–H groups in total. The number of rotatable bonds is 9. The predicted octanol–water partition coefficient (Wildman–Crippen LogP) is 1.76. The quantitative estimate of drug-likeness (QED) is 0.595. The maximum Gasteiger partial charge on any atom is 0.250 e. The van der Waals surface area contributed by atoms with Crippen molar-refractivity contribution in [2.75, 3.05) is 25.1 Å². The molecule has 0 bridgehead atoms. The minimum Gasteiger partial charge on any atom is -0.494 e. The number of hydrogen-bond acceptors (Lipinski definition) is 4. The van der Waals surface area contributed by atoms with E-state index in [-0.39, 0.29) is 6.61 Å². The van der Waals surface area contributed by atoms with E-state index in [4.69, 9.17) is 15.6 Å². The highest BCUT2D eigenvalue weighted by Crippen LogP contribution is 2.22. The second-order valence-electron chi connectivity index (χ2n) is 4.22. The van der Waals surface area contributed by atoms with Crippen molar-refractivity contribution in [1.82, 2.24) is 0 Å². The molecule has 0 aromatic heterocycles. The Hall–Kier alpha value is -1.75. The lowest BCUT2D eigenvalue weighted by atomic mass is 10.1. The van der Waals surface area contributed by atoms with E-state index in [0.717, 1.165) is 31.5 Å². The number of benzene rings is 1. The largest absolute Gasteiger partial charge is 0.494 e. The average molecular weight is 266 g/mol. The molecule has 1 rings (SSSR count). The first-order valence-corrected chi connectivity index (χ1v) is 6.60. The van der Waals surface area contributed by atoms with Crippen LogP contribution in [0.15, 0.2) is 18.2 Å². The Morgan fingerprint density at radius 2 is 2.16 bits per heavy atom. The lowest BCUT2D eigenvalue weighted by Gasteiger charge is -2.12. The van der Waals surface area contributed by atoms with Gasteiger partial charge in [-0.05, 0) is 44.4 Å². The fourth-order valence-electron chi connectivity index (χ4n) is 1.77. The van der Waals surface area contributed by atoms with Gasteiger partial charge in [-0.1, -0.05) is 0 Å². The third-order valence-corrected chi connectivity index (χ3v) is 2.72. The van der Waals surface area contributed by atoms with Crippen LogP contribution in [0.25, 0.3) is 0 Å². The number of carbonyl (C=O) groups is 1. The molecule has 0 aliphatic carbocycles. The van der Waals surface area contributed by atoms with Crippen LogP contribution in [0.2, 0.25) is 0 Å². The molecule has 0 atom stereocenters. The Labute approximate surface area is 113 Å². The second-order valence-corrected chi connectivity index (χ2v) is 4.22. The van der Waals surface area contributed by atoms with Crippen LogP contribution in [-0.4, -0.2) is 30.8 Å². The second kappa shape index (κ2) is 8.37.